The molecule has 0 unspecified atom stereocenters. The first-order chi connectivity index (χ1) is 10.2. The van der Waals surface area contributed by atoms with Gasteiger partial charge < -0.3 is 14.8 Å². The van der Waals surface area contributed by atoms with Crippen LogP contribution in [0.25, 0.3) is 0 Å². The summed E-state index contributed by atoms with van der Waals surface area (Å²) in [5.41, 5.74) is 0. The van der Waals surface area contributed by atoms with Crippen LogP contribution in [0.2, 0.25) is 0 Å². The summed E-state index contributed by atoms with van der Waals surface area (Å²) in [6.45, 7) is 6.64. The Hall–Kier alpha value is -2.44. The van der Waals surface area contributed by atoms with Crippen molar-refractivity contribution in [1.82, 2.24) is 19.9 Å². The van der Waals surface area contributed by atoms with Crippen molar-refractivity contribution >= 4 is 5.95 Å². The van der Waals surface area contributed by atoms with E-state index in [9.17, 15) is 0 Å². The lowest BCUT2D eigenvalue weighted by Crippen LogP contribution is -2.12. The van der Waals surface area contributed by atoms with Gasteiger partial charge in [-0.05, 0) is 32.4 Å². The number of hydrogen-bond acceptors (Lipinski definition) is 7. The summed E-state index contributed by atoms with van der Waals surface area (Å²) in [6, 6.07) is 3.96. The van der Waals surface area contributed by atoms with Gasteiger partial charge in [0.25, 0.3) is 0 Å². The molecular weight excluding hydrogens is 270 g/mol. The van der Waals surface area contributed by atoms with E-state index in [-0.39, 0.29) is 18.1 Å². The fraction of sp³-hybridized carbons (Fsp3) is 0.429. The molecule has 112 valence electrons. The van der Waals surface area contributed by atoms with Gasteiger partial charge in [0, 0.05) is 12.7 Å². The summed E-state index contributed by atoms with van der Waals surface area (Å²) in [4.78, 5) is 16.5. The van der Waals surface area contributed by atoms with Crippen LogP contribution in [0.4, 0.5) is 5.95 Å². The molecule has 0 radical (unpaired) electrons. The maximum absolute atomic E-state index is 5.58. The third kappa shape index (κ3) is 4.87. The van der Waals surface area contributed by atoms with Gasteiger partial charge in [-0.25, -0.2) is 0 Å². The Morgan fingerprint density at radius 1 is 1.19 bits per heavy atom. The number of ether oxygens (including phenoxy) is 2. The molecule has 0 atom stereocenters. The Kier molecular flexibility index (Phi) is 5.25. The number of pyridine rings is 1. The predicted molar refractivity (Wildman–Crippen MR) is 78.7 cm³/mol. The van der Waals surface area contributed by atoms with Crippen molar-refractivity contribution in [3.05, 3.63) is 24.5 Å². The minimum atomic E-state index is -0.0299. The minimum absolute atomic E-state index is 0.0299. The average molecular weight is 289 g/mol. The molecule has 0 saturated carbocycles. The second-order valence-corrected chi connectivity index (χ2v) is 4.61. The fourth-order valence-electron chi connectivity index (χ4n) is 1.48. The van der Waals surface area contributed by atoms with Crippen molar-refractivity contribution in [2.24, 2.45) is 0 Å². The van der Waals surface area contributed by atoms with Crippen LogP contribution in [-0.4, -0.2) is 32.6 Å². The first-order valence-corrected chi connectivity index (χ1v) is 6.92. The van der Waals surface area contributed by atoms with Crippen molar-refractivity contribution in [1.29, 1.82) is 0 Å². The van der Waals surface area contributed by atoms with E-state index in [4.69, 9.17) is 9.47 Å². The Bertz CT molecular complexity index is 563. The van der Waals surface area contributed by atoms with Gasteiger partial charge in [-0.2, -0.15) is 9.97 Å². The van der Waals surface area contributed by atoms with Crippen LogP contribution >= 0.6 is 0 Å². The van der Waals surface area contributed by atoms with Crippen LogP contribution in [0.1, 0.15) is 27.2 Å². The molecule has 0 fully saturated rings. The van der Waals surface area contributed by atoms with Gasteiger partial charge in [0.05, 0.1) is 12.3 Å². The third-order valence-corrected chi connectivity index (χ3v) is 2.31. The molecule has 0 aliphatic rings. The number of hydrogen-bond donors (Lipinski definition) is 1. The average Bonchev–Trinajstić information content (AvgIpc) is 2.45. The smallest absolute Gasteiger partial charge is 0.330 e. The van der Waals surface area contributed by atoms with Crippen molar-refractivity contribution in [2.75, 3.05) is 11.9 Å². The van der Waals surface area contributed by atoms with Gasteiger partial charge in [0.2, 0.25) is 5.95 Å². The predicted octanol–water partition coefficient (Wildman–Crippen LogP) is 2.67. The fourth-order valence-corrected chi connectivity index (χ4v) is 1.48. The van der Waals surface area contributed by atoms with E-state index in [1.54, 1.807) is 24.5 Å². The van der Waals surface area contributed by atoms with Gasteiger partial charge in [0.15, 0.2) is 0 Å². The second-order valence-electron chi connectivity index (χ2n) is 4.61. The lowest BCUT2D eigenvalue weighted by atomic mass is 10.5. The number of rotatable bonds is 7. The van der Waals surface area contributed by atoms with Crippen LogP contribution in [0.5, 0.6) is 17.8 Å². The lowest BCUT2D eigenvalue weighted by molar-refractivity contribution is 0.218. The van der Waals surface area contributed by atoms with E-state index in [1.165, 1.54) is 0 Å². The molecule has 7 nitrogen and oxygen atoms in total. The highest BCUT2D eigenvalue weighted by Gasteiger charge is 2.10. The number of anilines is 1. The molecule has 0 amide bonds. The summed E-state index contributed by atoms with van der Waals surface area (Å²) < 4.78 is 11.1. The molecule has 0 aliphatic carbocycles. The van der Waals surface area contributed by atoms with Crippen LogP contribution in [-0.2, 0) is 0 Å². The molecule has 21 heavy (non-hydrogen) atoms. The summed E-state index contributed by atoms with van der Waals surface area (Å²) in [7, 11) is 0. The highest BCUT2D eigenvalue weighted by molar-refractivity contribution is 5.29. The molecule has 1 N–H and O–H groups in total. The molecule has 0 saturated heterocycles. The van der Waals surface area contributed by atoms with Gasteiger partial charge in [-0.15, -0.1) is 4.98 Å². The quantitative estimate of drug-likeness (QED) is 0.839. The number of nitrogens with zero attached hydrogens (tertiary/aromatic N) is 4. The van der Waals surface area contributed by atoms with Gasteiger partial charge >= 0.3 is 12.0 Å². The van der Waals surface area contributed by atoms with Crippen molar-refractivity contribution in [3.63, 3.8) is 0 Å². The van der Waals surface area contributed by atoms with Crippen molar-refractivity contribution < 1.29 is 9.47 Å². The maximum atomic E-state index is 5.58. The van der Waals surface area contributed by atoms with E-state index >= 15 is 0 Å². The molecule has 7 heteroatoms. The Labute approximate surface area is 123 Å². The van der Waals surface area contributed by atoms with Crippen molar-refractivity contribution in [3.8, 4) is 17.8 Å². The lowest BCUT2D eigenvalue weighted by Gasteiger charge is -2.11. The summed E-state index contributed by atoms with van der Waals surface area (Å²) in [6.07, 6.45) is 4.19. The highest BCUT2D eigenvalue weighted by atomic mass is 16.5. The van der Waals surface area contributed by atoms with E-state index in [1.807, 2.05) is 13.8 Å². The van der Waals surface area contributed by atoms with E-state index < -0.39 is 0 Å². The molecule has 0 aromatic carbocycles. The first-order valence-electron chi connectivity index (χ1n) is 6.92. The van der Waals surface area contributed by atoms with Gasteiger partial charge in [0.1, 0.15) is 5.75 Å². The van der Waals surface area contributed by atoms with Crippen LogP contribution in [0, 0.1) is 0 Å². The normalized spacial score (nSPS) is 10.5. The maximum Gasteiger partial charge on any atom is 0.330 e. The highest BCUT2D eigenvalue weighted by Crippen LogP contribution is 2.19. The van der Waals surface area contributed by atoms with E-state index in [0.29, 0.717) is 11.7 Å². The zero-order valence-electron chi connectivity index (χ0n) is 12.4. The number of nitrogens with one attached hydrogen (secondary N) is 1. The summed E-state index contributed by atoms with van der Waals surface area (Å²) >= 11 is 0. The van der Waals surface area contributed by atoms with Crippen LogP contribution < -0.4 is 14.8 Å². The van der Waals surface area contributed by atoms with Gasteiger partial charge in [-0.3, -0.25) is 4.98 Å². The molecule has 0 spiro atoms. The monoisotopic (exact) mass is 289 g/mol. The Balaban J connectivity index is 2.21. The second kappa shape index (κ2) is 7.37. The molecule has 0 bridgehead atoms. The Morgan fingerprint density at radius 2 is 2.00 bits per heavy atom. The largest absolute Gasteiger partial charge is 0.461 e. The van der Waals surface area contributed by atoms with Crippen molar-refractivity contribution in [2.45, 2.75) is 33.3 Å². The molecule has 2 heterocycles. The summed E-state index contributed by atoms with van der Waals surface area (Å²) in [5, 5.41) is 3.10. The third-order valence-electron chi connectivity index (χ3n) is 2.31. The first kappa shape index (κ1) is 15.0. The molecule has 2 rings (SSSR count). The van der Waals surface area contributed by atoms with E-state index in [2.05, 4.69) is 32.2 Å². The zero-order valence-corrected chi connectivity index (χ0v) is 12.4. The molecular formula is C14H19N5O2. The zero-order chi connectivity index (χ0) is 15.1. The van der Waals surface area contributed by atoms with Crippen LogP contribution in [0.3, 0.4) is 0 Å². The molecule has 2 aromatic rings. The summed E-state index contributed by atoms with van der Waals surface area (Å²) in [5.74, 6) is 0.988. The molecule has 2 aromatic heterocycles. The number of aromatic nitrogens is 4. The van der Waals surface area contributed by atoms with E-state index in [0.717, 1.165) is 13.0 Å². The standard InChI is InChI=1S/C14H19N5O2/c1-4-7-16-12-17-13(20-10(2)3)19-14(18-12)21-11-6-5-8-15-9-11/h5-6,8-10H,4,7H2,1-3H3,(H,16,17,18,19). The SMILES string of the molecule is CCCNc1nc(Oc2cccnc2)nc(OC(C)C)n1. The topological polar surface area (TPSA) is 82.1 Å². The van der Waals surface area contributed by atoms with Gasteiger partial charge in [-0.1, -0.05) is 6.92 Å². The molecule has 0 aliphatic heterocycles. The minimum Gasteiger partial charge on any atom is -0.461 e. The Morgan fingerprint density at radius 3 is 2.67 bits per heavy atom. The van der Waals surface area contributed by atoms with Crippen LogP contribution in [0.15, 0.2) is 24.5 Å².